The Bertz CT molecular complexity index is 2050. The van der Waals surface area contributed by atoms with Gasteiger partial charge in [0.1, 0.15) is 11.1 Å². The number of thiophene rings is 1. The number of thiazole rings is 1. The molecule has 0 amide bonds. The van der Waals surface area contributed by atoms with Crippen LogP contribution in [0.25, 0.3) is 11.1 Å². The minimum atomic E-state index is -0.750. The second kappa shape index (κ2) is 10.5. The highest BCUT2D eigenvalue weighted by Crippen LogP contribution is 2.38. The number of nitrogens with zero attached hydrogens (tertiary/aromatic N) is 4. The largest absolute Gasteiger partial charge is 0.463 e. The maximum atomic E-state index is 14.1. The summed E-state index contributed by atoms with van der Waals surface area (Å²) >= 11 is 2.86. The van der Waals surface area contributed by atoms with E-state index < -0.39 is 12.0 Å². The van der Waals surface area contributed by atoms with Crippen LogP contribution in [-0.4, -0.2) is 28.5 Å². The minimum Gasteiger partial charge on any atom is -0.463 e. The van der Waals surface area contributed by atoms with E-state index in [4.69, 9.17) is 14.2 Å². The summed E-state index contributed by atoms with van der Waals surface area (Å²) in [5.74, 6) is 0.639. The molecule has 9 nitrogen and oxygen atoms in total. The first-order valence-corrected chi connectivity index (χ1v) is 15.1. The maximum absolute atomic E-state index is 14.1. The highest BCUT2D eigenvalue weighted by atomic mass is 32.1. The van der Waals surface area contributed by atoms with Crippen molar-refractivity contribution in [2.75, 3.05) is 13.4 Å². The number of aromatic nitrogens is 2. The third kappa shape index (κ3) is 4.30. The Balaban J connectivity index is 1.53. The molecule has 3 aromatic heterocycles. The SMILES string of the molecule is CCOC(=O)C1=C(C)N=c2s/c(=C/c3cc(C)n(-c4sc(C)c(C)c4C#N)c3C)c(=O)n2[C@@H]1c1ccc2c(c1)OCO2. The summed E-state index contributed by atoms with van der Waals surface area (Å²) in [4.78, 5) is 33.6. The molecule has 0 unspecified atom stereocenters. The molecule has 1 aromatic carbocycles. The van der Waals surface area contributed by atoms with Crippen LogP contribution in [0.4, 0.5) is 0 Å². The van der Waals surface area contributed by atoms with Gasteiger partial charge in [0, 0.05) is 16.3 Å². The fourth-order valence-corrected chi connectivity index (χ4v) is 7.73. The zero-order valence-corrected chi connectivity index (χ0v) is 25.7. The second-order valence-corrected chi connectivity index (χ2v) is 12.4. The zero-order valence-electron chi connectivity index (χ0n) is 24.0. The molecule has 0 fully saturated rings. The fourth-order valence-electron chi connectivity index (χ4n) is 5.48. The molecule has 6 rings (SSSR count). The number of fused-ring (bicyclic) bond motifs is 2. The van der Waals surface area contributed by atoms with Crippen LogP contribution < -0.4 is 24.4 Å². The summed E-state index contributed by atoms with van der Waals surface area (Å²) in [6, 6.07) is 9.04. The molecular weight excluding hydrogens is 572 g/mol. The van der Waals surface area contributed by atoms with Gasteiger partial charge in [0.05, 0.1) is 34.0 Å². The molecule has 0 radical (unpaired) electrons. The van der Waals surface area contributed by atoms with E-state index in [-0.39, 0.29) is 19.0 Å². The lowest BCUT2D eigenvalue weighted by atomic mass is 9.95. The Kier molecular flexibility index (Phi) is 6.91. The Morgan fingerprint density at radius 2 is 1.93 bits per heavy atom. The van der Waals surface area contributed by atoms with Gasteiger partial charge in [0.2, 0.25) is 6.79 Å². The van der Waals surface area contributed by atoms with Gasteiger partial charge in [0.15, 0.2) is 16.3 Å². The number of hydrogen-bond donors (Lipinski definition) is 0. The maximum Gasteiger partial charge on any atom is 0.338 e. The van der Waals surface area contributed by atoms with Crippen LogP contribution in [0.1, 0.15) is 58.4 Å². The van der Waals surface area contributed by atoms with Gasteiger partial charge >= 0.3 is 5.97 Å². The monoisotopic (exact) mass is 600 g/mol. The lowest BCUT2D eigenvalue weighted by molar-refractivity contribution is -0.139. The van der Waals surface area contributed by atoms with Crippen molar-refractivity contribution >= 4 is 34.7 Å². The third-order valence-corrected chi connectivity index (χ3v) is 9.84. The first-order valence-electron chi connectivity index (χ1n) is 13.4. The van der Waals surface area contributed by atoms with Crippen LogP contribution in [0.3, 0.4) is 0 Å². The van der Waals surface area contributed by atoms with Gasteiger partial charge in [-0.3, -0.25) is 9.36 Å². The Labute approximate surface area is 249 Å². The number of carbonyl (C=O) groups excluding carboxylic acids is 1. The molecule has 42 heavy (non-hydrogen) atoms. The van der Waals surface area contributed by atoms with Gasteiger partial charge in [-0.2, -0.15) is 5.26 Å². The van der Waals surface area contributed by atoms with Crippen molar-refractivity contribution in [1.82, 2.24) is 9.13 Å². The van der Waals surface area contributed by atoms with Crippen molar-refractivity contribution in [2.45, 2.75) is 47.6 Å². The molecular formula is C31H28N4O5S2. The van der Waals surface area contributed by atoms with E-state index >= 15 is 0 Å². The Morgan fingerprint density at radius 1 is 1.17 bits per heavy atom. The topological polar surface area (TPSA) is 108 Å². The molecule has 0 saturated heterocycles. The van der Waals surface area contributed by atoms with E-state index in [1.54, 1.807) is 41.9 Å². The van der Waals surface area contributed by atoms with Gasteiger partial charge in [-0.15, -0.1) is 11.3 Å². The minimum absolute atomic E-state index is 0.111. The summed E-state index contributed by atoms with van der Waals surface area (Å²) in [6.45, 7) is 11.8. The lowest BCUT2D eigenvalue weighted by Crippen LogP contribution is -2.39. The van der Waals surface area contributed by atoms with Gasteiger partial charge < -0.3 is 18.8 Å². The first-order chi connectivity index (χ1) is 20.1. The summed E-state index contributed by atoms with van der Waals surface area (Å²) in [5.41, 5.74) is 5.62. The van der Waals surface area contributed by atoms with Crippen LogP contribution in [0.15, 0.2) is 45.3 Å². The van der Waals surface area contributed by atoms with Gasteiger partial charge in [-0.1, -0.05) is 17.4 Å². The van der Waals surface area contributed by atoms with Gasteiger partial charge in [-0.25, -0.2) is 9.79 Å². The molecule has 0 saturated carbocycles. The average molecular weight is 601 g/mol. The quantitative estimate of drug-likeness (QED) is 0.313. The van der Waals surface area contributed by atoms with E-state index in [2.05, 4.69) is 15.6 Å². The van der Waals surface area contributed by atoms with E-state index in [0.29, 0.717) is 43.2 Å². The van der Waals surface area contributed by atoms with Gasteiger partial charge in [0.25, 0.3) is 5.56 Å². The van der Waals surface area contributed by atoms with Crippen molar-refractivity contribution in [3.8, 4) is 22.6 Å². The molecule has 2 aliphatic rings. The molecule has 11 heteroatoms. The first kappa shape index (κ1) is 27.8. The van der Waals surface area contributed by atoms with Crippen LogP contribution >= 0.6 is 22.7 Å². The summed E-state index contributed by atoms with van der Waals surface area (Å²) in [5, 5.41) is 10.7. The lowest BCUT2D eigenvalue weighted by Gasteiger charge is -2.24. The van der Waals surface area contributed by atoms with Crippen LogP contribution in [-0.2, 0) is 9.53 Å². The van der Waals surface area contributed by atoms with Crippen molar-refractivity contribution in [3.05, 3.63) is 93.7 Å². The number of ether oxygens (including phenoxy) is 3. The molecule has 0 spiro atoms. The number of hydrogen-bond acceptors (Lipinski definition) is 9. The molecule has 2 aliphatic heterocycles. The van der Waals surface area contributed by atoms with Crippen molar-refractivity contribution in [3.63, 3.8) is 0 Å². The Hall–Kier alpha value is -4.40. The summed E-state index contributed by atoms with van der Waals surface area (Å²) < 4.78 is 20.6. The predicted octanol–water partition coefficient (Wildman–Crippen LogP) is 4.48. The predicted molar refractivity (Wildman–Crippen MR) is 160 cm³/mol. The number of esters is 1. The standard InChI is InChI=1S/C31H28N4O5S2/c1-7-38-30(37)26-17(4)33-31-35(27(26)20-8-9-23-24(11-20)40-14-39-23)28(36)25(42-31)12-21-10-15(2)34(18(21)5)29-22(13-32)16(3)19(6)41-29/h8-12,27H,7,14H2,1-6H3/b25-12+/t27-/m1/s1. The number of allylic oxidation sites excluding steroid dienone is 1. The van der Waals surface area contributed by atoms with E-state index in [0.717, 1.165) is 32.4 Å². The number of carbonyl (C=O) groups is 1. The van der Waals surface area contributed by atoms with Crippen molar-refractivity contribution in [2.24, 2.45) is 4.99 Å². The van der Waals surface area contributed by atoms with E-state index in [1.807, 2.05) is 45.9 Å². The molecule has 0 N–H and O–H groups in total. The smallest absolute Gasteiger partial charge is 0.338 e. The van der Waals surface area contributed by atoms with Crippen LogP contribution in [0, 0.1) is 39.0 Å². The van der Waals surface area contributed by atoms with Crippen LogP contribution in [0.5, 0.6) is 11.5 Å². The number of benzene rings is 1. The molecule has 214 valence electrons. The van der Waals surface area contributed by atoms with Crippen LogP contribution in [0.2, 0.25) is 0 Å². The number of rotatable bonds is 5. The fraction of sp³-hybridized carbons (Fsp3) is 0.290. The molecule has 1 atom stereocenters. The highest BCUT2D eigenvalue weighted by Gasteiger charge is 2.34. The highest BCUT2D eigenvalue weighted by molar-refractivity contribution is 7.15. The van der Waals surface area contributed by atoms with Crippen molar-refractivity contribution < 1.29 is 19.0 Å². The summed E-state index contributed by atoms with van der Waals surface area (Å²) in [6.07, 6.45) is 1.86. The normalized spacial score (nSPS) is 15.9. The molecule has 0 aliphatic carbocycles. The van der Waals surface area contributed by atoms with Crippen molar-refractivity contribution in [1.29, 1.82) is 5.26 Å². The second-order valence-electron chi connectivity index (χ2n) is 10.2. The Morgan fingerprint density at radius 3 is 2.67 bits per heavy atom. The summed E-state index contributed by atoms with van der Waals surface area (Å²) in [7, 11) is 0. The zero-order chi connectivity index (χ0) is 29.9. The number of nitriles is 1. The van der Waals surface area contributed by atoms with Gasteiger partial charge in [-0.05, 0) is 82.5 Å². The van der Waals surface area contributed by atoms with E-state index in [1.165, 1.54) is 11.3 Å². The average Bonchev–Trinajstić information content (AvgIpc) is 3.68. The third-order valence-electron chi connectivity index (χ3n) is 7.67. The van der Waals surface area contributed by atoms with E-state index in [9.17, 15) is 14.9 Å². The number of aryl methyl sites for hydroxylation is 2. The molecule has 5 heterocycles. The molecule has 4 aromatic rings. The molecule has 0 bridgehead atoms.